The second kappa shape index (κ2) is 5.32. The standard InChI is InChI=1S/C15H16NOP/c1-15(2,18-17)16(13-9-5-3-6-10-13)14-11-7-4-8-12-14/h3-12H,1-2H3/p+1. The fourth-order valence-corrected chi connectivity index (χ4v) is 2.34. The van der Waals surface area contributed by atoms with Crippen LogP contribution in [0.1, 0.15) is 13.8 Å². The highest BCUT2D eigenvalue weighted by Gasteiger charge is 2.35. The van der Waals surface area contributed by atoms with Crippen molar-refractivity contribution in [1.82, 2.24) is 0 Å². The van der Waals surface area contributed by atoms with Gasteiger partial charge in [0, 0.05) is 25.2 Å². The maximum absolute atomic E-state index is 11.5. The van der Waals surface area contributed by atoms with Crippen LogP contribution in [0.4, 0.5) is 11.4 Å². The van der Waals surface area contributed by atoms with Gasteiger partial charge in [0.1, 0.15) is 0 Å². The van der Waals surface area contributed by atoms with Crippen molar-refractivity contribution in [2.24, 2.45) is 0 Å². The van der Waals surface area contributed by atoms with Gasteiger partial charge in [-0.1, -0.05) is 41.0 Å². The van der Waals surface area contributed by atoms with Gasteiger partial charge in [-0.25, -0.2) is 0 Å². The summed E-state index contributed by atoms with van der Waals surface area (Å²) >= 11 is 0. The lowest BCUT2D eigenvalue weighted by Gasteiger charge is -2.31. The molecule has 2 aromatic rings. The molecule has 0 saturated carbocycles. The van der Waals surface area contributed by atoms with Crippen LogP contribution in [-0.2, 0) is 4.57 Å². The lowest BCUT2D eigenvalue weighted by atomic mass is 10.2. The van der Waals surface area contributed by atoms with Crippen LogP contribution in [0.5, 0.6) is 0 Å². The van der Waals surface area contributed by atoms with Gasteiger partial charge < -0.3 is 0 Å². The van der Waals surface area contributed by atoms with Crippen molar-refractivity contribution in [3.63, 3.8) is 0 Å². The topological polar surface area (TPSA) is 20.3 Å². The minimum atomic E-state index is -0.428. The zero-order chi connectivity index (χ0) is 13.0. The van der Waals surface area contributed by atoms with E-state index in [2.05, 4.69) is 4.90 Å². The minimum absolute atomic E-state index is 0.408. The van der Waals surface area contributed by atoms with Crippen LogP contribution in [0.25, 0.3) is 0 Å². The summed E-state index contributed by atoms with van der Waals surface area (Å²) in [6.07, 6.45) is 0. The lowest BCUT2D eigenvalue weighted by Crippen LogP contribution is -2.35. The molecule has 0 aliphatic carbocycles. The van der Waals surface area contributed by atoms with Crippen LogP contribution >= 0.6 is 8.46 Å². The summed E-state index contributed by atoms with van der Waals surface area (Å²) in [4.78, 5) is 2.11. The molecule has 0 radical (unpaired) electrons. The predicted molar refractivity (Wildman–Crippen MR) is 78.1 cm³/mol. The first kappa shape index (κ1) is 12.8. The molecule has 0 fully saturated rings. The quantitative estimate of drug-likeness (QED) is 0.748. The van der Waals surface area contributed by atoms with Crippen molar-refractivity contribution in [1.29, 1.82) is 0 Å². The van der Waals surface area contributed by atoms with E-state index in [0.717, 1.165) is 11.4 Å². The van der Waals surface area contributed by atoms with Gasteiger partial charge in [-0.3, -0.25) is 4.90 Å². The lowest BCUT2D eigenvalue weighted by molar-refractivity contribution is 0.571. The Hall–Kier alpha value is -1.66. The van der Waals surface area contributed by atoms with Crippen molar-refractivity contribution in [2.75, 3.05) is 4.90 Å². The molecule has 92 valence electrons. The van der Waals surface area contributed by atoms with Gasteiger partial charge >= 0.3 is 8.46 Å². The first-order valence-corrected chi connectivity index (χ1v) is 6.85. The van der Waals surface area contributed by atoms with E-state index in [1.54, 1.807) is 0 Å². The number of hydrogen-bond donors (Lipinski definition) is 0. The van der Waals surface area contributed by atoms with Gasteiger partial charge in [-0.2, -0.15) is 0 Å². The summed E-state index contributed by atoms with van der Waals surface area (Å²) in [5.74, 6) is 0. The average molecular weight is 258 g/mol. The van der Waals surface area contributed by atoms with Gasteiger partial charge in [0.25, 0.3) is 0 Å². The normalized spacial score (nSPS) is 11.4. The van der Waals surface area contributed by atoms with Gasteiger partial charge in [0.15, 0.2) is 0 Å². The highest BCUT2D eigenvalue weighted by molar-refractivity contribution is 7.26. The Labute approximate surface area is 109 Å². The van der Waals surface area contributed by atoms with E-state index in [9.17, 15) is 4.57 Å². The number of nitrogens with zero attached hydrogens (tertiary/aromatic N) is 1. The Morgan fingerprint density at radius 2 is 1.22 bits per heavy atom. The number of para-hydroxylation sites is 2. The third-order valence-corrected chi connectivity index (χ3v) is 3.56. The van der Waals surface area contributed by atoms with E-state index in [1.807, 2.05) is 74.5 Å². The summed E-state index contributed by atoms with van der Waals surface area (Å²) in [7, 11) is -0.408. The molecular formula is C15H17NOP+. The molecule has 0 bridgehead atoms. The van der Waals surface area contributed by atoms with E-state index < -0.39 is 13.7 Å². The predicted octanol–water partition coefficient (Wildman–Crippen LogP) is 4.58. The van der Waals surface area contributed by atoms with Crippen LogP contribution in [0.2, 0.25) is 0 Å². The number of benzene rings is 2. The largest absolute Gasteiger partial charge is 0.352 e. The highest BCUT2D eigenvalue weighted by atomic mass is 31.1. The molecule has 2 nitrogen and oxygen atoms in total. The smallest absolute Gasteiger partial charge is 0.296 e. The molecular weight excluding hydrogens is 241 g/mol. The number of anilines is 2. The van der Waals surface area contributed by atoms with Gasteiger partial charge in [-0.05, 0) is 24.3 Å². The summed E-state index contributed by atoms with van der Waals surface area (Å²) < 4.78 is 11.5. The molecule has 2 rings (SSSR count). The van der Waals surface area contributed by atoms with E-state index in [4.69, 9.17) is 0 Å². The SMILES string of the molecule is CC(C)([PH+]=O)N(c1ccccc1)c1ccccc1. The molecule has 0 aliphatic heterocycles. The third kappa shape index (κ3) is 2.60. The Bertz CT molecular complexity index is 471. The summed E-state index contributed by atoms with van der Waals surface area (Å²) in [6, 6.07) is 20.1. The molecule has 0 heterocycles. The van der Waals surface area contributed by atoms with Crippen LogP contribution in [0.3, 0.4) is 0 Å². The first-order chi connectivity index (χ1) is 8.65. The molecule has 18 heavy (non-hydrogen) atoms. The Balaban J connectivity index is 2.52. The molecule has 0 amide bonds. The van der Waals surface area contributed by atoms with Crippen molar-refractivity contribution in [3.05, 3.63) is 60.7 Å². The maximum atomic E-state index is 11.5. The Morgan fingerprint density at radius 3 is 1.56 bits per heavy atom. The molecule has 0 saturated heterocycles. The Kier molecular flexibility index (Phi) is 3.78. The minimum Gasteiger partial charge on any atom is -0.296 e. The Morgan fingerprint density at radius 1 is 0.833 bits per heavy atom. The molecule has 0 spiro atoms. The summed E-state index contributed by atoms with van der Waals surface area (Å²) in [5, 5.41) is -0.428. The molecule has 0 aliphatic rings. The molecule has 3 heteroatoms. The zero-order valence-corrected chi connectivity index (χ0v) is 11.6. The highest BCUT2D eigenvalue weighted by Crippen LogP contribution is 2.38. The van der Waals surface area contributed by atoms with E-state index in [-0.39, 0.29) is 0 Å². The van der Waals surface area contributed by atoms with E-state index >= 15 is 0 Å². The van der Waals surface area contributed by atoms with Crippen LogP contribution in [0.15, 0.2) is 60.7 Å². The van der Waals surface area contributed by atoms with Crippen molar-refractivity contribution in [2.45, 2.75) is 19.1 Å². The zero-order valence-electron chi connectivity index (χ0n) is 10.6. The van der Waals surface area contributed by atoms with Crippen LogP contribution in [0, 0.1) is 0 Å². The monoisotopic (exact) mass is 258 g/mol. The number of hydrogen-bond acceptors (Lipinski definition) is 2. The van der Waals surface area contributed by atoms with Crippen LogP contribution in [-0.4, -0.2) is 5.28 Å². The maximum Gasteiger partial charge on any atom is 0.352 e. The number of rotatable bonds is 4. The second-order valence-corrected chi connectivity index (χ2v) is 6.10. The van der Waals surface area contributed by atoms with Crippen molar-refractivity contribution in [3.8, 4) is 0 Å². The fraction of sp³-hybridized carbons (Fsp3) is 0.200. The molecule has 0 aromatic heterocycles. The second-order valence-electron chi connectivity index (χ2n) is 4.67. The molecule has 1 unspecified atom stereocenters. The van der Waals surface area contributed by atoms with Crippen molar-refractivity contribution >= 4 is 19.8 Å². The summed E-state index contributed by atoms with van der Waals surface area (Å²) in [5.41, 5.74) is 2.11. The first-order valence-electron chi connectivity index (χ1n) is 5.95. The van der Waals surface area contributed by atoms with Crippen LogP contribution < -0.4 is 4.90 Å². The molecule has 0 N–H and O–H groups in total. The average Bonchev–Trinajstić information content (AvgIpc) is 2.41. The fourth-order valence-electron chi connectivity index (χ4n) is 1.99. The van der Waals surface area contributed by atoms with Gasteiger partial charge in [0.2, 0.25) is 5.28 Å². The van der Waals surface area contributed by atoms with E-state index in [0.29, 0.717) is 0 Å². The third-order valence-electron chi connectivity index (χ3n) is 2.84. The van der Waals surface area contributed by atoms with Gasteiger partial charge in [0.05, 0.1) is 0 Å². The summed E-state index contributed by atoms with van der Waals surface area (Å²) in [6.45, 7) is 3.97. The van der Waals surface area contributed by atoms with Gasteiger partial charge in [-0.15, -0.1) is 0 Å². The molecule has 1 atom stereocenters. The molecule has 2 aromatic carbocycles. The van der Waals surface area contributed by atoms with Crippen molar-refractivity contribution < 1.29 is 4.57 Å². The van der Waals surface area contributed by atoms with E-state index in [1.165, 1.54) is 0 Å².